The van der Waals surface area contributed by atoms with E-state index in [0.717, 1.165) is 28.0 Å². The first-order valence-electron chi connectivity index (χ1n) is 8.00. The van der Waals surface area contributed by atoms with Gasteiger partial charge in [0.15, 0.2) is 0 Å². The summed E-state index contributed by atoms with van der Waals surface area (Å²) in [7, 11) is 3.84. The summed E-state index contributed by atoms with van der Waals surface area (Å²) in [4.78, 5) is 33.4. The molecule has 1 aromatic carbocycles. The number of aromatic nitrogens is 2. The molecule has 2 heterocycles. The number of pyridine rings is 2. The molecule has 6 heteroatoms. The summed E-state index contributed by atoms with van der Waals surface area (Å²) >= 11 is 0. The molecule has 6 nitrogen and oxygen atoms in total. The highest BCUT2D eigenvalue weighted by atomic mass is 16.2. The molecule has 25 heavy (non-hydrogen) atoms. The lowest BCUT2D eigenvalue weighted by Gasteiger charge is -2.15. The van der Waals surface area contributed by atoms with Gasteiger partial charge in [0, 0.05) is 31.7 Å². The summed E-state index contributed by atoms with van der Waals surface area (Å²) in [6, 6.07) is 13.0. The van der Waals surface area contributed by atoms with Gasteiger partial charge in [0.2, 0.25) is 0 Å². The van der Waals surface area contributed by atoms with Gasteiger partial charge in [-0.2, -0.15) is 0 Å². The number of amides is 1. The maximum absolute atomic E-state index is 12.3. The highest BCUT2D eigenvalue weighted by molar-refractivity contribution is 5.94. The molecular formula is C19H20N4O2. The number of nitrogens with zero attached hydrogens (tertiary/aromatic N) is 2. The molecule has 0 atom stereocenters. The molecule has 1 amide bonds. The van der Waals surface area contributed by atoms with Crippen LogP contribution in [0.3, 0.4) is 0 Å². The zero-order chi connectivity index (χ0) is 18.0. The molecule has 0 fully saturated rings. The molecule has 0 spiro atoms. The Bertz CT molecular complexity index is 992. The van der Waals surface area contributed by atoms with Crippen molar-refractivity contribution in [1.82, 2.24) is 15.3 Å². The highest BCUT2D eigenvalue weighted by Gasteiger charge is 2.12. The van der Waals surface area contributed by atoms with E-state index in [1.165, 1.54) is 0 Å². The molecule has 0 saturated carbocycles. The van der Waals surface area contributed by atoms with Gasteiger partial charge in [0.25, 0.3) is 11.5 Å². The number of hydrogen-bond acceptors (Lipinski definition) is 4. The minimum Gasteiger partial charge on any atom is -0.363 e. The Hall–Kier alpha value is -3.15. The van der Waals surface area contributed by atoms with Crippen LogP contribution in [0.1, 0.15) is 21.6 Å². The molecular weight excluding hydrogens is 316 g/mol. The highest BCUT2D eigenvalue weighted by Crippen LogP contribution is 2.22. The number of aromatic amines is 1. The number of fused-ring (bicyclic) bond motifs is 1. The summed E-state index contributed by atoms with van der Waals surface area (Å²) in [5.41, 5.74) is 2.26. The van der Waals surface area contributed by atoms with Crippen molar-refractivity contribution in [3.63, 3.8) is 0 Å². The molecule has 0 aliphatic heterocycles. The van der Waals surface area contributed by atoms with Crippen LogP contribution in [0.4, 0.5) is 5.82 Å². The van der Waals surface area contributed by atoms with Crippen LogP contribution in [0.2, 0.25) is 0 Å². The Balaban J connectivity index is 1.90. The number of nitrogens with one attached hydrogen (secondary N) is 2. The second-order valence-electron chi connectivity index (χ2n) is 6.12. The second-order valence-corrected chi connectivity index (χ2v) is 6.12. The monoisotopic (exact) mass is 336 g/mol. The summed E-state index contributed by atoms with van der Waals surface area (Å²) in [5, 5.41) is 3.81. The predicted octanol–water partition coefficient (Wildman–Crippen LogP) is 2.23. The first-order chi connectivity index (χ1) is 12.0. The number of carbonyl (C=O) groups excluding carboxylic acids is 1. The number of H-pyrrole nitrogens is 1. The molecule has 2 N–H and O–H groups in total. The predicted molar refractivity (Wildman–Crippen MR) is 99.0 cm³/mol. The molecule has 2 aromatic heterocycles. The third-order valence-corrected chi connectivity index (χ3v) is 3.99. The van der Waals surface area contributed by atoms with Crippen LogP contribution in [-0.4, -0.2) is 30.0 Å². The first kappa shape index (κ1) is 16.7. The van der Waals surface area contributed by atoms with Crippen molar-refractivity contribution in [2.75, 3.05) is 19.0 Å². The minimum atomic E-state index is -0.395. The molecule has 0 aliphatic rings. The first-order valence-corrected chi connectivity index (χ1v) is 8.00. The maximum Gasteiger partial charge on any atom is 0.260 e. The van der Waals surface area contributed by atoms with Gasteiger partial charge in [-0.1, -0.05) is 18.2 Å². The standard InChI is InChI=1S/C19H20N4O2/c1-12-8-9-15(19(25)21-12)18(24)20-11-13-10-17(23(2)3)22-16-7-5-4-6-14(13)16/h4-10H,11H2,1-3H3,(H,20,24)(H,21,25). The van der Waals surface area contributed by atoms with Crippen LogP contribution in [0.25, 0.3) is 10.9 Å². The summed E-state index contributed by atoms with van der Waals surface area (Å²) in [6.45, 7) is 2.09. The van der Waals surface area contributed by atoms with E-state index < -0.39 is 5.91 Å². The number of rotatable bonds is 4. The molecule has 3 rings (SSSR count). The van der Waals surface area contributed by atoms with Gasteiger partial charge in [-0.3, -0.25) is 9.59 Å². The Labute approximate surface area is 145 Å². The van der Waals surface area contributed by atoms with Gasteiger partial charge in [-0.15, -0.1) is 0 Å². The van der Waals surface area contributed by atoms with Crippen LogP contribution in [0, 0.1) is 6.92 Å². The second kappa shape index (κ2) is 6.76. The van der Waals surface area contributed by atoms with Gasteiger partial charge in [-0.05, 0) is 36.8 Å². The Morgan fingerprint density at radius 3 is 2.68 bits per heavy atom. The average molecular weight is 336 g/mol. The molecule has 0 aliphatic carbocycles. The van der Waals surface area contributed by atoms with Gasteiger partial charge in [-0.25, -0.2) is 4.98 Å². The van der Waals surface area contributed by atoms with E-state index in [2.05, 4.69) is 15.3 Å². The number of carbonyl (C=O) groups is 1. The van der Waals surface area contributed by atoms with Gasteiger partial charge >= 0.3 is 0 Å². The summed E-state index contributed by atoms with van der Waals surface area (Å²) in [6.07, 6.45) is 0. The molecule has 3 aromatic rings. The van der Waals surface area contributed by atoms with Crippen molar-refractivity contribution in [3.8, 4) is 0 Å². The SMILES string of the molecule is Cc1ccc(C(=O)NCc2cc(N(C)C)nc3ccccc23)c(=O)[nH]1. The van der Waals surface area contributed by atoms with E-state index in [9.17, 15) is 9.59 Å². The van der Waals surface area contributed by atoms with Crippen LogP contribution >= 0.6 is 0 Å². The molecule has 0 radical (unpaired) electrons. The lowest BCUT2D eigenvalue weighted by atomic mass is 10.1. The van der Waals surface area contributed by atoms with Crippen molar-refractivity contribution in [3.05, 3.63) is 69.6 Å². The zero-order valence-electron chi connectivity index (χ0n) is 14.5. The van der Waals surface area contributed by atoms with Crippen molar-refractivity contribution < 1.29 is 4.79 Å². The average Bonchev–Trinajstić information content (AvgIpc) is 2.59. The van der Waals surface area contributed by atoms with Gasteiger partial charge in [0.05, 0.1) is 5.52 Å². The zero-order valence-corrected chi connectivity index (χ0v) is 14.5. The number of benzene rings is 1. The normalized spacial score (nSPS) is 10.7. The third kappa shape index (κ3) is 3.52. The topological polar surface area (TPSA) is 78.1 Å². The quantitative estimate of drug-likeness (QED) is 0.766. The lowest BCUT2D eigenvalue weighted by molar-refractivity contribution is 0.0949. The van der Waals surface area contributed by atoms with Crippen LogP contribution in [-0.2, 0) is 6.54 Å². The molecule has 0 saturated heterocycles. The van der Waals surface area contributed by atoms with E-state index in [-0.39, 0.29) is 11.1 Å². The smallest absolute Gasteiger partial charge is 0.260 e. The van der Waals surface area contributed by atoms with Crippen molar-refractivity contribution in [1.29, 1.82) is 0 Å². The Kier molecular flexibility index (Phi) is 4.52. The number of anilines is 1. The Morgan fingerprint density at radius 2 is 1.96 bits per heavy atom. The molecule has 0 bridgehead atoms. The van der Waals surface area contributed by atoms with Crippen molar-refractivity contribution in [2.45, 2.75) is 13.5 Å². The minimum absolute atomic E-state index is 0.108. The molecule has 128 valence electrons. The number of hydrogen-bond donors (Lipinski definition) is 2. The fourth-order valence-corrected chi connectivity index (χ4v) is 2.63. The van der Waals surface area contributed by atoms with E-state index in [1.54, 1.807) is 19.1 Å². The van der Waals surface area contributed by atoms with E-state index in [0.29, 0.717) is 6.54 Å². The lowest BCUT2D eigenvalue weighted by Crippen LogP contribution is -2.29. The maximum atomic E-state index is 12.3. The fourth-order valence-electron chi connectivity index (χ4n) is 2.63. The van der Waals surface area contributed by atoms with Gasteiger partial charge in [0.1, 0.15) is 11.4 Å². The van der Waals surface area contributed by atoms with E-state index >= 15 is 0 Å². The summed E-state index contributed by atoms with van der Waals surface area (Å²) in [5.74, 6) is 0.421. The van der Waals surface area contributed by atoms with Crippen LogP contribution in [0.15, 0.2) is 47.3 Å². The van der Waals surface area contributed by atoms with Crippen LogP contribution < -0.4 is 15.8 Å². The molecule has 0 unspecified atom stereocenters. The van der Waals surface area contributed by atoms with Crippen molar-refractivity contribution >= 4 is 22.6 Å². The Morgan fingerprint density at radius 1 is 1.20 bits per heavy atom. The largest absolute Gasteiger partial charge is 0.363 e. The number of para-hydroxylation sites is 1. The number of aryl methyl sites for hydroxylation is 1. The van der Waals surface area contributed by atoms with Crippen LogP contribution in [0.5, 0.6) is 0 Å². The van der Waals surface area contributed by atoms with E-state index in [1.807, 2.05) is 49.3 Å². The fraction of sp³-hybridized carbons (Fsp3) is 0.211. The van der Waals surface area contributed by atoms with E-state index in [4.69, 9.17) is 0 Å². The van der Waals surface area contributed by atoms with Gasteiger partial charge < -0.3 is 15.2 Å². The summed E-state index contributed by atoms with van der Waals surface area (Å²) < 4.78 is 0. The van der Waals surface area contributed by atoms with Crippen molar-refractivity contribution in [2.24, 2.45) is 0 Å². The third-order valence-electron chi connectivity index (χ3n) is 3.99.